The van der Waals surface area contributed by atoms with Gasteiger partial charge in [0.1, 0.15) is 82.8 Å². The molecule has 0 fully saturated rings. The zero-order valence-electron chi connectivity index (χ0n) is 46.0. The highest BCUT2D eigenvalue weighted by molar-refractivity contribution is 5.82. The molecule has 0 saturated carbocycles. The van der Waals surface area contributed by atoms with E-state index in [1.807, 2.05) is 0 Å². The van der Waals surface area contributed by atoms with Crippen molar-refractivity contribution in [2.45, 2.75) is 95.0 Å². The van der Waals surface area contributed by atoms with Crippen LogP contribution in [0.1, 0.15) is 70.6 Å². The van der Waals surface area contributed by atoms with Gasteiger partial charge in [0.15, 0.2) is 0 Å². The minimum atomic E-state index is -1.11. The van der Waals surface area contributed by atoms with E-state index in [1.54, 1.807) is 0 Å². The smallest absolute Gasteiger partial charge is 0.141 e. The molecule has 40 heteroatoms. The summed E-state index contributed by atoms with van der Waals surface area (Å²) in [6, 6.07) is 0. The van der Waals surface area contributed by atoms with E-state index in [2.05, 4.69) is 67.9 Å². The molecule has 0 radical (unpaired) electrons. The molecule has 0 aromatic carbocycles. The Hall–Kier alpha value is -8.12. The number of nitrogens with two attached hydrogens (primary N) is 11. The molecule has 0 amide bonds. The van der Waals surface area contributed by atoms with Crippen molar-refractivity contribution in [2.75, 3.05) is 98.7 Å². The van der Waals surface area contributed by atoms with Gasteiger partial charge in [0, 0.05) is 109 Å². The van der Waals surface area contributed by atoms with Crippen LogP contribution < -0.4 is 63.1 Å². The number of hydrogen-bond acceptors (Lipinski definition) is 30. The number of rotatable bonds is 46. The summed E-state index contributed by atoms with van der Waals surface area (Å²) in [5.41, 5.74) is 61.4. The quantitative estimate of drug-likeness (QED) is 0.00896. The number of aliphatic hydroxyl groups is 1. The van der Waals surface area contributed by atoms with Gasteiger partial charge in [-0.05, 0) is 6.42 Å². The number of hydrogen-bond donors (Lipinski definition) is 22. The molecule has 0 unspecified atom stereocenters. The molecular formula is C42H91N23O17. The lowest BCUT2D eigenvalue weighted by Crippen LogP contribution is -2.53. The summed E-state index contributed by atoms with van der Waals surface area (Å²) in [6.45, 7) is 6.53. The fraction of sp³-hybridized carbons (Fsp3) is 0.714. The van der Waals surface area contributed by atoms with Crippen LogP contribution in [0.5, 0.6) is 0 Å². The maximum Gasteiger partial charge on any atom is 0.141 e. The van der Waals surface area contributed by atoms with E-state index in [0.29, 0.717) is 70.6 Å². The van der Waals surface area contributed by atoms with Gasteiger partial charge < -0.3 is 158 Å². The van der Waals surface area contributed by atoms with Crippen molar-refractivity contribution in [3.63, 3.8) is 0 Å². The summed E-state index contributed by atoms with van der Waals surface area (Å²) < 4.78 is 36.0. The first-order valence-electron chi connectivity index (χ1n) is 24.9. The zero-order valence-corrected chi connectivity index (χ0v) is 46.0. The fourth-order valence-electron chi connectivity index (χ4n) is 5.97. The van der Waals surface area contributed by atoms with Crippen molar-refractivity contribution in [3.8, 4) is 0 Å². The Balaban J connectivity index is -0.00000153. The lowest BCUT2D eigenvalue weighted by atomic mass is 10.0. The van der Waals surface area contributed by atoms with Gasteiger partial charge in [-0.1, -0.05) is 58.1 Å². The molecular weight excluding hydrogens is 1100 g/mol. The normalized spacial score (nSPS) is 15.1. The molecule has 0 aliphatic rings. The number of amidine groups is 10. The van der Waals surface area contributed by atoms with Gasteiger partial charge in [-0.15, -0.1) is 0 Å². The van der Waals surface area contributed by atoms with Gasteiger partial charge in [0.05, 0.1) is 59.5 Å². The first kappa shape index (κ1) is 78.1. The lowest BCUT2D eigenvalue weighted by Gasteiger charge is -2.37. The average Bonchev–Trinajstić information content (AvgIpc) is 3.48. The van der Waals surface area contributed by atoms with E-state index < -0.39 is 24.4 Å². The van der Waals surface area contributed by atoms with Gasteiger partial charge in [-0.25, -0.2) is 0 Å². The van der Waals surface area contributed by atoms with Gasteiger partial charge in [-0.2, -0.15) is 0 Å². The van der Waals surface area contributed by atoms with Crippen molar-refractivity contribution in [1.82, 2.24) is 9.80 Å². The summed E-state index contributed by atoms with van der Waals surface area (Å²) in [7, 11) is 0. The minimum absolute atomic E-state index is 0.000375. The van der Waals surface area contributed by atoms with Crippen LogP contribution in [0.15, 0.2) is 63.8 Å². The fourth-order valence-corrected chi connectivity index (χ4v) is 5.97. The van der Waals surface area contributed by atoms with E-state index in [1.165, 1.54) is 0 Å². The molecule has 476 valence electrons. The molecule has 0 aromatic rings. The van der Waals surface area contributed by atoms with E-state index in [-0.39, 0.29) is 163 Å². The standard InChI is InChI=1S/C24H50N12O12.C15H33N9O3.C3H8N2O2/c25-17(31-37)1-7-43-13-15(45-9-3-19(27)33-39)23(47-11-5-21(29)35-41)24(48-12-6-22(30)36-42)16(46-10-4-20(28)34-40)14-44-8-2-18(26)32-38;1-12(16)2-6-23(7-3-13(17)20-25)10-11-24(8-4-14(18)21-26)9-5-15(19)22-27;4-3(5-7)1-2-6/h15-16,23-24,37-42H,1-14H2,(H2,25,31)(H2,26,32)(H2,27,33)(H2,28,34)(H2,29,35)(H2,30,36);25-27H,1-11,16H2,(H2,17,20)(H2,18,21)(H2,19,22);6-7H,1-2H2,(H2,4,5)/t15-,16+,23-,24-;;/m1../s1. The molecule has 0 aliphatic heterocycles. The van der Waals surface area contributed by atoms with Crippen molar-refractivity contribution >= 4 is 58.4 Å². The second-order valence-corrected chi connectivity index (χ2v) is 16.9. The van der Waals surface area contributed by atoms with Crippen LogP contribution in [0.2, 0.25) is 0 Å². The molecule has 0 aliphatic carbocycles. The molecule has 0 bridgehead atoms. The highest BCUT2D eigenvalue weighted by Gasteiger charge is 2.39. The second kappa shape index (κ2) is 52.3. The van der Waals surface area contributed by atoms with Gasteiger partial charge in [0.2, 0.25) is 0 Å². The van der Waals surface area contributed by atoms with Crippen molar-refractivity contribution in [1.29, 1.82) is 0 Å². The third-order valence-corrected chi connectivity index (χ3v) is 10.5. The first-order chi connectivity index (χ1) is 39.2. The van der Waals surface area contributed by atoms with Crippen molar-refractivity contribution in [3.05, 3.63) is 12.3 Å². The Labute approximate surface area is 473 Å². The molecule has 33 N–H and O–H groups in total. The van der Waals surface area contributed by atoms with Crippen LogP contribution >= 0.6 is 0 Å². The molecule has 0 heterocycles. The molecule has 0 aromatic heterocycles. The number of oxime groups is 10. The lowest BCUT2D eigenvalue weighted by molar-refractivity contribution is -0.194. The number of aliphatic hydroxyl groups excluding tert-OH is 1. The molecule has 82 heavy (non-hydrogen) atoms. The zero-order chi connectivity index (χ0) is 62.5. The van der Waals surface area contributed by atoms with Gasteiger partial charge in [0.25, 0.3) is 0 Å². The predicted molar refractivity (Wildman–Crippen MR) is 299 cm³/mol. The Morgan fingerprint density at radius 1 is 0.317 bits per heavy atom. The Morgan fingerprint density at radius 3 is 0.793 bits per heavy atom. The van der Waals surface area contributed by atoms with Crippen LogP contribution in [0.3, 0.4) is 0 Å². The van der Waals surface area contributed by atoms with Crippen LogP contribution in [0, 0.1) is 0 Å². The van der Waals surface area contributed by atoms with Crippen molar-refractivity contribution in [2.24, 2.45) is 115 Å². The van der Waals surface area contributed by atoms with E-state index >= 15 is 0 Å². The maximum absolute atomic E-state index is 9.04. The highest BCUT2D eigenvalue weighted by atomic mass is 16.6. The average molecular weight is 1190 g/mol. The molecule has 0 saturated heterocycles. The van der Waals surface area contributed by atoms with Crippen LogP contribution in [0.25, 0.3) is 0 Å². The summed E-state index contributed by atoms with van der Waals surface area (Å²) in [6.07, 6.45) is -2.11. The van der Waals surface area contributed by atoms with Crippen LogP contribution in [0.4, 0.5) is 0 Å². The van der Waals surface area contributed by atoms with Crippen LogP contribution in [-0.2, 0) is 28.4 Å². The first-order valence-corrected chi connectivity index (χ1v) is 24.9. The number of nitrogens with zero attached hydrogens (tertiary/aromatic N) is 12. The monoisotopic (exact) mass is 1190 g/mol. The summed E-state index contributed by atoms with van der Waals surface area (Å²) >= 11 is 0. The third-order valence-electron chi connectivity index (χ3n) is 10.5. The number of ether oxygens (including phenoxy) is 6. The van der Waals surface area contributed by atoms with Crippen molar-refractivity contribution < 1.29 is 85.6 Å². The Morgan fingerprint density at radius 2 is 0.549 bits per heavy atom. The Bertz CT molecular complexity index is 1880. The van der Waals surface area contributed by atoms with Gasteiger partial charge >= 0.3 is 0 Å². The van der Waals surface area contributed by atoms with Crippen LogP contribution in [-0.4, -0.2) is 248 Å². The second-order valence-electron chi connectivity index (χ2n) is 16.9. The van der Waals surface area contributed by atoms with Gasteiger partial charge in [-0.3, -0.25) is 0 Å². The van der Waals surface area contributed by atoms with E-state index in [9.17, 15) is 0 Å². The topological polar surface area (TPSA) is 694 Å². The highest BCUT2D eigenvalue weighted by Crippen LogP contribution is 2.21. The third kappa shape index (κ3) is 44.7. The summed E-state index contributed by atoms with van der Waals surface area (Å²) in [5.74, 6) is -0.228. The molecule has 4 atom stereocenters. The Kier molecular flexibility index (Phi) is 49.8. The molecule has 40 nitrogen and oxygen atoms in total. The largest absolute Gasteiger partial charge is 0.409 e. The molecule has 0 spiro atoms. The van der Waals surface area contributed by atoms with E-state index in [0.717, 1.165) is 0 Å². The maximum atomic E-state index is 9.04. The minimum Gasteiger partial charge on any atom is -0.409 e. The SMILES string of the molecule is C=C(N)CCN(CC/C(N)=N\O)CCN(CC/C(N)=N/O)CC/C(N)=N\O.N/C(CCO)=N/O.N/C(CCOC[C@H](OCC/C(N)=N/O)[C@@H](OCC/C(N)=N/O)[C@H](OCC/C(N)=N/O)[C@@H](COCC/C(N)=N/O)OCC/C(N)=N/O)=N\O. The summed E-state index contributed by atoms with van der Waals surface area (Å²) in [4.78, 5) is 4.18. The summed E-state index contributed by atoms with van der Waals surface area (Å²) in [5, 5.41) is 125. The van der Waals surface area contributed by atoms with E-state index in [4.69, 9.17) is 149 Å². The molecule has 0 rings (SSSR count). The predicted octanol–water partition coefficient (Wildman–Crippen LogP) is -4.64.